The number of aryl methyl sites for hydroxylation is 1. The van der Waals surface area contributed by atoms with Gasteiger partial charge in [0, 0.05) is 0 Å². The number of nitrogen functional groups attached to an aromatic ring is 2. The number of carboxylic acid groups (broad SMARTS) is 1. The van der Waals surface area contributed by atoms with Gasteiger partial charge in [-0.25, -0.2) is 4.79 Å². The molecule has 0 aliphatic rings. The summed E-state index contributed by atoms with van der Waals surface area (Å²) in [6.07, 6.45) is 0.678. The van der Waals surface area contributed by atoms with E-state index in [1.165, 1.54) is 6.07 Å². The number of hydrogen-bond acceptors (Lipinski definition) is 3. The molecule has 4 nitrogen and oxygen atoms in total. The smallest absolute Gasteiger partial charge is 0.335 e. The lowest BCUT2D eigenvalue weighted by Crippen LogP contribution is -2.04. The quantitative estimate of drug-likeness (QED) is 0.595. The highest BCUT2D eigenvalue weighted by Crippen LogP contribution is 2.22. The second kappa shape index (κ2) is 3.35. The van der Waals surface area contributed by atoms with Gasteiger partial charge in [-0.15, -0.1) is 0 Å². The average Bonchev–Trinajstić information content (AvgIpc) is 2.09. The standard InChI is InChI=1S/C9H12N2O2/c1-2-5-3-6(9(12)13)4-7(10)8(5)11/h3-4H,2,10-11H2,1H3,(H,12,13). The summed E-state index contributed by atoms with van der Waals surface area (Å²) in [6.45, 7) is 1.90. The Morgan fingerprint density at radius 3 is 2.54 bits per heavy atom. The molecule has 1 aromatic rings. The molecule has 0 fully saturated rings. The van der Waals surface area contributed by atoms with Gasteiger partial charge in [0.1, 0.15) is 0 Å². The lowest BCUT2D eigenvalue weighted by atomic mass is 10.1. The summed E-state index contributed by atoms with van der Waals surface area (Å²) in [5.41, 5.74) is 13.0. The maximum Gasteiger partial charge on any atom is 0.335 e. The summed E-state index contributed by atoms with van der Waals surface area (Å²) in [7, 11) is 0. The van der Waals surface area contributed by atoms with Crippen LogP contribution in [-0.2, 0) is 6.42 Å². The SMILES string of the molecule is CCc1cc(C(=O)O)cc(N)c1N. The van der Waals surface area contributed by atoms with Gasteiger partial charge in [0.25, 0.3) is 0 Å². The van der Waals surface area contributed by atoms with Crippen LogP contribution < -0.4 is 11.5 Å². The molecule has 0 unspecified atom stereocenters. The Bertz CT molecular complexity index is 348. The van der Waals surface area contributed by atoms with Gasteiger partial charge in [0.05, 0.1) is 16.9 Å². The van der Waals surface area contributed by atoms with E-state index in [-0.39, 0.29) is 5.56 Å². The third-order valence-corrected chi connectivity index (χ3v) is 1.93. The average molecular weight is 180 g/mol. The van der Waals surface area contributed by atoms with Crippen molar-refractivity contribution < 1.29 is 9.90 Å². The fourth-order valence-electron chi connectivity index (χ4n) is 1.15. The summed E-state index contributed by atoms with van der Waals surface area (Å²) in [5, 5.41) is 8.72. The number of aromatic carboxylic acids is 1. The van der Waals surface area contributed by atoms with Crippen LogP contribution in [0.5, 0.6) is 0 Å². The second-order valence-electron chi connectivity index (χ2n) is 2.80. The molecule has 5 N–H and O–H groups in total. The molecule has 0 heterocycles. The molecule has 0 saturated heterocycles. The molecule has 0 bridgehead atoms. The van der Waals surface area contributed by atoms with Crippen LogP contribution in [0, 0.1) is 0 Å². The predicted octanol–water partition coefficient (Wildman–Crippen LogP) is 1.11. The summed E-state index contributed by atoms with van der Waals surface area (Å²) >= 11 is 0. The Morgan fingerprint density at radius 1 is 1.46 bits per heavy atom. The maximum atomic E-state index is 10.6. The number of carbonyl (C=O) groups is 1. The molecule has 4 heteroatoms. The van der Waals surface area contributed by atoms with E-state index in [1.807, 2.05) is 6.92 Å². The van der Waals surface area contributed by atoms with Gasteiger partial charge < -0.3 is 16.6 Å². The van der Waals surface area contributed by atoms with E-state index in [9.17, 15) is 4.79 Å². The van der Waals surface area contributed by atoms with Crippen molar-refractivity contribution in [3.05, 3.63) is 23.3 Å². The molecule has 0 aliphatic heterocycles. The normalized spacial score (nSPS) is 9.92. The topological polar surface area (TPSA) is 89.3 Å². The van der Waals surface area contributed by atoms with Crippen molar-refractivity contribution in [3.63, 3.8) is 0 Å². The fourth-order valence-corrected chi connectivity index (χ4v) is 1.15. The van der Waals surface area contributed by atoms with Crippen LogP contribution in [0.25, 0.3) is 0 Å². The molecule has 13 heavy (non-hydrogen) atoms. The lowest BCUT2D eigenvalue weighted by molar-refractivity contribution is 0.0697. The van der Waals surface area contributed by atoms with Crippen LogP contribution in [0.15, 0.2) is 12.1 Å². The van der Waals surface area contributed by atoms with Gasteiger partial charge in [-0.05, 0) is 24.1 Å². The van der Waals surface area contributed by atoms with Gasteiger partial charge in [0.2, 0.25) is 0 Å². The number of rotatable bonds is 2. The van der Waals surface area contributed by atoms with Crippen LogP contribution in [0.4, 0.5) is 11.4 Å². The number of carboxylic acids is 1. The summed E-state index contributed by atoms with van der Waals surface area (Å²) in [4.78, 5) is 10.6. The predicted molar refractivity (Wildman–Crippen MR) is 51.6 cm³/mol. The van der Waals surface area contributed by atoms with Crippen LogP contribution in [-0.4, -0.2) is 11.1 Å². The Labute approximate surface area is 76.2 Å². The van der Waals surface area contributed by atoms with Crippen LogP contribution in [0.1, 0.15) is 22.8 Å². The molecule has 0 spiro atoms. The van der Waals surface area contributed by atoms with Gasteiger partial charge in [-0.2, -0.15) is 0 Å². The molecule has 0 aliphatic carbocycles. The minimum Gasteiger partial charge on any atom is -0.478 e. The Balaban J connectivity index is 3.30. The first kappa shape index (κ1) is 9.38. The molecule has 1 rings (SSSR count). The van der Waals surface area contributed by atoms with Crippen molar-refractivity contribution in [1.29, 1.82) is 0 Å². The van der Waals surface area contributed by atoms with Gasteiger partial charge >= 0.3 is 5.97 Å². The zero-order valence-corrected chi connectivity index (χ0v) is 7.37. The van der Waals surface area contributed by atoms with Gasteiger partial charge in [-0.1, -0.05) is 6.92 Å². The maximum absolute atomic E-state index is 10.6. The van der Waals surface area contributed by atoms with Gasteiger partial charge in [0.15, 0.2) is 0 Å². The molecule has 70 valence electrons. The van der Waals surface area contributed by atoms with Crippen LogP contribution >= 0.6 is 0 Å². The van der Waals surface area contributed by atoms with Crippen molar-refractivity contribution in [1.82, 2.24) is 0 Å². The van der Waals surface area contributed by atoms with Crippen molar-refractivity contribution in [2.75, 3.05) is 11.5 Å². The summed E-state index contributed by atoms with van der Waals surface area (Å²) in [5.74, 6) is -0.985. The number of hydrogen-bond donors (Lipinski definition) is 3. The van der Waals surface area contributed by atoms with Crippen molar-refractivity contribution in [2.24, 2.45) is 0 Å². The Hall–Kier alpha value is -1.71. The molecule has 0 atom stereocenters. The van der Waals surface area contributed by atoms with E-state index in [0.29, 0.717) is 17.8 Å². The van der Waals surface area contributed by atoms with Crippen molar-refractivity contribution >= 4 is 17.3 Å². The molecule has 0 aromatic heterocycles. The van der Waals surface area contributed by atoms with E-state index < -0.39 is 5.97 Å². The van der Waals surface area contributed by atoms with E-state index in [4.69, 9.17) is 16.6 Å². The van der Waals surface area contributed by atoms with Crippen LogP contribution in [0.2, 0.25) is 0 Å². The minimum absolute atomic E-state index is 0.184. The largest absolute Gasteiger partial charge is 0.478 e. The third-order valence-electron chi connectivity index (χ3n) is 1.93. The van der Waals surface area contributed by atoms with E-state index >= 15 is 0 Å². The third kappa shape index (κ3) is 1.72. The minimum atomic E-state index is -0.985. The highest BCUT2D eigenvalue weighted by atomic mass is 16.4. The molecule has 0 amide bonds. The highest BCUT2D eigenvalue weighted by molar-refractivity contribution is 5.91. The summed E-state index contributed by atoms with van der Waals surface area (Å²) < 4.78 is 0. The van der Waals surface area contributed by atoms with Crippen molar-refractivity contribution in [3.8, 4) is 0 Å². The first-order valence-corrected chi connectivity index (χ1v) is 3.97. The molecular weight excluding hydrogens is 168 g/mol. The molecular formula is C9H12N2O2. The Kier molecular flexibility index (Phi) is 2.41. The first-order chi connectivity index (χ1) is 6.06. The number of benzene rings is 1. The van der Waals surface area contributed by atoms with Crippen LogP contribution in [0.3, 0.4) is 0 Å². The summed E-state index contributed by atoms with van der Waals surface area (Å²) in [6, 6.07) is 2.92. The highest BCUT2D eigenvalue weighted by Gasteiger charge is 2.08. The fraction of sp³-hybridized carbons (Fsp3) is 0.222. The van der Waals surface area contributed by atoms with E-state index in [1.54, 1.807) is 6.07 Å². The van der Waals surface area contributed by atoms with Gasteiger partial charge in [-0.3, -0.25) is 0 Å². The number of nitrogens with two attached hydrogens (primary N) is 2. The first-order valence-electron chi connectivity index (χ1n) is 3.97. The second-order valence-corrected chi connectivity index (χ2v) is 2.80. The van der Waals surface area contributed by atoms with E-state index in [2.05, 4.69) is 0 Å². The zero-order valence-electron chi connectivity index (χ0n) is 7.37. The van der Waals surface area contributed by atoms with Crippen molar-refractivity contribution in [2.45, 2.75) is 13.3 Å². The van der Waals surface area contributed by atoms with E-state index in [0.717, 1.165) is 5.56 Å². The molecule has 0 saturated carbocycles. The number of anilines is 2. The lowest BCUT2D eigenvalue weighted by Gasteiger charge is -2.07. The monoisotopic (exact) mass is 180 g/mol. The molecule has 1 aromatic carbocycles. The zero-order chi connectivity index (χ0) is 10.0. The molecule has 0 radical (unpaired) electrons. The Morgan fingerprint density at radius 2 is 2.08 bits per heavy atom.